The van der Waals surface area contributed by atoms with Gasteiger partial charge in [-0.25, -0.2) is 0 Å². The smallest absolute Gasteiger partial charge is 0.0651 e. The predicted octanol–water partition coefficient (Wildman–Crippen LogP) is 2.23. The Morgan fingerprint density at radius 1 is 1.00 bits per heavy atom. The van der Waals surface area contributed by atoms with E-state index in [0.717, 1.165) is 38.5 Å². The Morgan fingerprint density at radius 2 is 1.64 bits per heavy atom. The average molecular weight is 198 g/mol. The zero-order chi connectivity index (χ0) is 10.0. The molecule has 0 aromatic heterocycles. The summed E-state index contributed by atoms with van der Waals surface area (Å²) >= 11 is 0. The summed E-state index contributed by atoms with van der Waals surface area (Å²) in [5.41, 5.74) is -0.428. The molecule has 0 amide bonds. The number of hydrogen-bond acceptors (Lipinski definition) is 2. The lowest BCUT2D eigenvalue weighted by atomic mass is 9.78. The van der Waals surface area contributed by atoms with Crippen molar-refractivity contribution in [3.05, 3.63) is 0 Å². The predicted molar refractivity (Wildman–Crippen MR) is 56.0 cm³/mol. The minimum atomic E-state index is -0.428. The molecule has 0 saturated heterocycles. The lowest BCUT2D eigenvalue weighted by molar-refractivity contribution is -0.0207. The molecule has 0 bridgehead atoms. The van der Waals surface area contributed by atoms with E-state index in [1.54, 1.807) is 0 Å². The van der Waals surface area contributed by atoms with E-state index in [9.17, 15) is 10.2 Å². The van der Waals surface area contributed by atoms with E-state index in [-0.39, 0.29) is 6.10 Å². The zero-order valence-electron chi connectivity index (χ0n) is 8.91. The van der Waals surface area contributed by atoms with Crippen molar-refractivity contribution in [1.29, 1.82) is 0 Å². The van der Waals surface area contributed by atoms with Crippen LogP contribution in [-0.4, -0.2) is 21.9 Å². The Hall–Kier alpha value is -0.0800. The Balaban J connectivity index is 1.88. The van der Waals surface area contributed by atoms with Crippen LogP contribution in [-0.2, 0) is 0 Å². The van der Waals surface area contributed by atoms with Gasteiger partial charge in [0, 0.05) is 0 Å². The highest BCUT2D eigenvalue weighted by molar-refractivity contribution is 4.89. The maximum absolute atomic E-state index is 10.3. The van der Waals surface area contributed by atoms with E-state index in [1.807, 2.05) is 0 Å². The summed E-state index contributed by atoms with van der Waals surface area (Å²) in [5.74, 6) is 0.367. The van der Waals surface area contributed by atoms with Crippen molar-refractivity contribution in [3.8, 4) is 0 Å². The summed E-state index contributed by atoms with van der Waals surface area (Å²) in [6, 6.07) is 0. The van der Waals surface area contributed by atoms with Crippen molar-refractivity contribution < 1.29 is 10.2 Å². The van der Waals surface area contributed by atoms with E-state index in [1.165, 1.54) is 19.3 Å². The third kappa shape index (κ3) is 2.29. The molecule has 0 aliphatic heterocycles. The van der Waals surface area contributed by atoms with Crippen molar-refractivity contribution in [1.82, 2.24) is 0 Å². The summed E-state index contributed by atoms with van der Waals surface area (Å²) in [5, 5.41) is 20.1. The summed E-state index contributed by atoms with van der Waals surface area (Å²) in [6.07, 6.45) is 9.39. The second kappa shape index (κ2) is 4.19. The van der Waals surface area contributed by atoms with Gasteiger partial charge in [-0.2, -0.15) is 0 Å². The van der Waals surface area contributed by atoms with E-state index in [0.29, 0.717) is 5.92 Å². The van der Waals surface area contributed by atoms with Crippen molar-refractivity contribution in [3.63, 3.8) is 0 Å². The number of rotatable bonds is 2. The Kier molecular flexibility index (Phi) is 3.13. The molecule has 0 heterocycles. The van der Waals surface area contributed by atoms with Gasteiger partial charge >= 0.3 is 0 Å². The molecule has 2 aliphatic carbocycles. The van der Waals surface area contributed by atoms with Crippen LogP contribution in [0.1, 0.15) is 57.8 Å². The van der Waals surface area contributed by atoms with Crippen molar-refractivity contribution >= 4 is 0 Å². The molecule has 2 N–H and O–H groups in total. The molecule has 0 aromatic carbocycles. The first-order valence-corrected chi connectivity index (χ1v) is 6.10. The lowest BCUT2D eigenvalue weighted by Crippen LogP contribution is -2.34. The van der Waals surface area contributed by atoms with E-state index < -0.39 is 5.60 Å². The van der Waals surface area contributed by atoms with E-state index in [4.69, 9.17) is 0 Å². The van der Waals surface area contributed by atoms with Gasteiger partial charge in [0.15, 0.2) is 0 Å². The van der Waals surface area contributed by atoms with Gasteiger partial charge < -0.3 is 10.2 Å². The quantitative estimate of drug-likeness (QED) is 0.714. The Labute approximate surface area is 86.3 Å². The summed E-state index contributed by atoms with van der Waals surface area (Å²) < 4.78 is 0. The van der Waals surface area contributed by atoms with Crippen LogP contribution < -0.4 is 0 Å². The highest BCUT2D eigenvalue weighted by Gasteiger charge is 2.36. The van der Waals surface area contributed by atoms with Crippen LogP contribution in [0, 0.1) is 5.92 Å². The molecule has 2 aliphatic rings. The maximum atomic E-state index is 10.3. The molecular formula is C12H22O2. The monoisotopic (exact) mass is 198 g/mol. The van der Waals surface area contributed by atoms with Gasteiger partial charge in [-0.15, -0.1) is 0 Å². The second-order valence-corrected chi connectivity index (χ2v) is 5.25. The molecule has 0 spiro atoms. The van der Waals surface area contributed by atoms with Crippen LogP contribution in [0.15, 0.2) is 0 Å². The molecule has 2 nitrogen and oxygen atoms in total. The normalized spacial score (nSPS) is 37.3. The molecule has 2 fully saturated rings. The van der Waals surface area contributed by atoms with Crippen molar-refractivity contribution in [2.24, 2.45) is 5.92 Å². The standard InChI is InChI=1S/C12H22O2/c13-11-6-2-1-5-10(11)9-12(14)7-3-4-8-12/h10-11,13-14H,1-9H2. The summed E-state index contributed by atoms with van der Waals surface area (Å²) in [6.45, 7) is 0. The van der Waals surface area contributed by atoms with Crippen LogP contribution in [0.25, 0.3) is 0 Å². The zero-order valence-corrected chi connectivity index (χ0v) is 8.91. The fraction of sp³-hybridized carbons (Fsp3) is 1.00. The molecular weight excluding hydrogens is 176 g/mol. The van der Waals surface area contributed by atoms with Crippen LogP contribution >= 0.6 is 0 Å². The minimum Gasteiger partial charge on any atom is -0.393 e. The van der Waals surface area contributed by atoms with Crippen LogP contribution in [0.4, 0.5) is 0 Å². The van der Waals surface area contributed by atoms with Gasteiger partial charge in [-0.05, 0) is 38.0 Å². The molecule has 2 atom stereocenters. The minimum absolute atomic E-state index is 0.145. The topological polar surface area (TPSA) is 40.5 Å². The molecule has 14 heavy (non-hydrogen) atoms. The summed E-state index contributed by atoms with van der Waals surface area (Å²) in [4.78, 5) is 0. The molecule has 2 rings (SSSR count). The molecule has 2 heteroatoms. The molecule has 0 radical (unpaired) electrons. The highest BCUT2D eigenvalue weighted by atomic mass is 16.3. The summed E-state index contributed by atoms with van der Waals surface area (Å²) in [7, 11) is 0. The lowest BCUT2D eigenvalue weighted by Gasteiger charge is -2.33. The molecule has 82 valence electrons. The Morgan fingerprint density at radius 3 is 2.29 bits per heavy atom. The van der Waals surface area contributed by atoms with Crippen LogP contribution in [0.3, 0.4) is 0 Å². The fourth-order valence-corrected chi connectivity index (χ4v) is 3.15. The second-order valence-electron chi connectivity index (χ2n) is 5.25. The number of hydrogen-bond donors (Lipinski definition) is 2. The van der Waals surface area contributed by atoms with E-state index >= 15 is 0 Å². The first-order chi connectivity index (χ1) is 6.70. The third-order valence-corrected chi connectivity index (χ3v) is 4.05. The first kappa shape index (κ1) is 10.4. The fourth-order valence-electron chi connectivity index (χ4n) is 3.15. The largest absolute Gasteiger partial charge is 0.393 e. The molecule has 2 saturated carbocycles. The average Bonchev–Trinajstić information content (AvgIpc) is 2.57. The van der Waals surface area contributed by atoms with Gasteiger partial charge in [-0.3, -0.25) is 0 Å². The maximum Gasteiger partial charge on any atom is 0.0651 e. The van der Waals surface area contributed by atoms with Crippen molar-refractivity contribution in [2.45, 2.75) is 69.5 Å². The highest BCUT2D eigenvalue weighted by Crippen LogP contribution is 2.39. The van der Waals surface area contributed by atoms with Crippen LogP contribution in [0.2, 0.25) is 0 Å². The van der Waals surface area contributed by atoms with Gasteiger partial charge in [0.1, 0.15) is 0 Å². The SMILES string of the molecule is OC1CCCCC1CC1(O)CCCC1. The number of aliphatic hydroxyl groups excluding tert-OH is 1. The van der Waals surface area contributed by atoms with Crippen molar-refractivity contribution in [2.75, 3.05) is 0 Å². The van der Waals surface area contributed by atoms with Crippen LogP contribution in [0.5, 0.6) is 0 Å². The van der Waals surface area contributed by atoms with Gasteiger partial charge in [0.2, 0.25) is 0 Å². The van der Waals surface area contributed by atoms with Gasteiger partial charge in [-0.1, -0.05) is 25.7 Å². The van der Waals surface area contributed by atoms with Gasteiger partial charge in [0.05, 0.1) is 11.7 Å². The third-order valence-electron chi connectivity index (χ3n) is 4.05. The first-order valence-electron chi connectivity index (χ1n) is 6.10. The number of aliphatic hydroxyl groups is 2. The van der Waals surface area contributed by atoms with E-state index in [2.05, 4.69) is 0 Å². The molecule has 0 aromatic rings. The Bertz CT molecular complexity index is 185. The molecule has 2 unspecified atom stereocenters. The van der Waals surface area contributed by atoms with Gasteiger partial charge in [0.25, 0.3) is 0 Å².